The van der Waals surface area contributed by atoms with Crippen LogP contribution in [-0.2, 0) is 28.6 Å². The van der Waals surface area contributed by atoms with Crippen LogP contribution in [0.1, 0.15) is 316 Å². The molecule has 0 radical (unpaired) electrons. The van der Waals surface area contributed by atoms with Crippen molar-refractivity contribution in [3.63, 3.8) is 0 Å². The first-order valence-corrected chi connectivity index (χ1v) is 28.8. The number of unbranched alkanes of at least 4 members (excludes halogenated alkanes) is 38. The van der Waals surface area contributed by atoms with E-state index in [1.807, 2.05) is 0 Å². The minimum absolute atomic E-state index is 0.0719. The lowest BCUT2D eigenvalue weighted by Crippen LogP contribution is -2.30. The molecule has 0 fully saturated rings. The van der Waals surface area contributed by atoms with Crippen LogP contribution in [0.5, 0.6) is 0 Å². The van der Waals surface area contributed by atoms with E-state index in [1.165, 1.54) is 212 Å². The van der Waals surface area contributed by atoms with Crippen molar-refractivity contribution in [3.8, 4) is 0 Å². The van der Waals surface area contributed by atoms with Crippen LogP contribution in [0.25, 0.3) is 0 Å². The fourth-order valence-corrected chi connectivity index (χ4v) is 8.55. The first kappa shape index (κ1) is 62.9. The Labute approximate surface area is 404 Å². The number of esters is 3. The summed E-state index contributed by atoms with van der Waals surface area (Å²) in [6.07, 6.45) is 63.0. The number of carbonyl (C=O) groups excluding carboxylic acids is 3. The Kier molecular flexibility index (Phi) is 52.7. The molecule has 0 aromatic carbocycles. The third kappa shape index (κ3) is 52.7. The van der Waals surface area contributed by atoms with Gasteiger partial charge in [0, 0.05) is 19.3 Å². The van der Waals surface area contributed by atoms with Gasteiger partial charge in [0.25, 0.3) is 0 Å². The van der Waals surface area contributed by atoms with Crippen molar-refractivity contribution in [3.05, 3.63) is 24.3 Å². The molecule has 6 nitrogen and oxygen atoms in total. The smallest absolute Gasteiger partial charge is 0.306 e. The summed E-state index contributed by atoms with van der Waals surface area (Å²) in [5, 5.41) is 0. The zero-order valence-corrected chi connectivity index (χ0v) is 43.8. The molecule has 0 bridgehead atoms. The van der Waals surface area contributed by atoms with Gasteiger partial charge >= 0.3 is 17.9 Å². The Morgan fingerprint density at radius 2 is 0.508 bits per heavy atom. The monoisotopic (exact) mass is 915 g/mol. The maximum absolute atomic E-state index is 12.8. The third-order valence-corrected chi connectivity index (χ3v) is 12.9. The fourth-order valence-electron chi connectivity index (χ4n) is 8.55. The Morgan fingerprint density at radius 3 is 0.769 bits per heavy atom. The van der Waals surface area contributed by atoms with Gasteiger partial charge < -0.3 is 14.2 Å². The minimum Gasteiger partial charge on any atom is -0.462 e. The average molecular weight is 916 g/mol. The molecule has 0 N–H and O–H groups in total. The van der Waals surface area contributed by atoms with Crippen molar-refractivity contribution >= 4 is 17.9 Å². The molecule has 0 unspecified atom stereocenters. The quantitative estimate of drug-likeness (QED) is 0.0262. The second-order valence-electron chi connectivity index (χ2n) is 19.6. The number of ether oxygens (including phenoxy) is 3. The second-order valence-corrected chi connectivity index (χ2v) is 19.6. The van der Waals surface area contributed by atoms with Gasteiger partial charge in [-0.25, -0.2) is 0 Å². The predicted octanol–water partition coefficient (Wildman–Crippen LogP) is 19.1. The molecule has 0 aliphatic heterocycles. The van der Waals surface area contributed by atoms with Crippen LogP contribution in [0.2, 0.25) is 0 Å². The fraction of sp³-hybridized carbons (Fsp3) is 0.881. The van der Waals surface area contributed by atoms with Gasteiger partial charge in [-0.3, -0.25) is 14.4 Å². The van der Waals surface area contributed by atoms with Crippen molar-refractivity contribution < 1.29 is 28.6 Å². The second kappa shape index (κ2) is 54.5. The summed E-state index contributed by atoms with van der Waals surface area (Å²) in [5.41, 5.74) is 0. The van der Waals surface area contributed by atoms with Crippen LogP contribution < -0.4 is 0 Å². The van der Waals surface area contributed by atoms with Gasteiger partial charge in [0.15, 0.2) is 6.10 Å². The molecule has 0 heterocycles. The Morgan fingerprint density at radius 1 is 0.292 bits per heavy atom. The summed E-state index contributed by atoms with van der Waals surface area (Å²) in [4.78, 5) is 38.1. The zero-order chi connectivity index (χ0) is 47.2. The summed E-state index contributed by atoms with van der Waals surface area (Å²) >= 11 is 0. The largest absolute Gasteiger partial charge is 0.462 e. The molecule has 0 aliphatic carbocycles. The van der Waals surface area contributed by atoms with E-state index in [1.54, 1.807) is 0 Å². The van der Waals surface area contributed by atoms with Crippen molar-refractivity contribution in [1.29, 1.82) is 0 Å². The summed E-state index contributed by atoms with van der Waals surface area (Å²) in [7, 11) is 0. The van der Waals surface area contributed by atoms with Crippen molar-refractivity contribution in [2.75, 3.05) is 13.2 Å². The lowest BCUT2D eigenvalue weighted by Gasteiger charge is -2.18. The van der Waals surface area contributed by atoms with Gasteiger partial charge in [0.2, 0.25) is 0 Å². The molecule has 0 rings (SSSR count). The van der Waals surface area contributed by atoms with E-state index < -0.39 is 6.10 Å². The average Bonchev–Trinajstić information content (AvgIpc) is 3.30. The highest BCUT2D eigenvalue weighted by Gasteiger charge is 2.19. The molecule has 0 aliphatic rings. The van der Waals surface area contributed by atoms with Gasteiger partial charge in [0.1, 0.15) is 13.2 Å². The van der Waals surface area contributed by atoms with Crippen LogP contribution in [0, 0.1) is 0 Å². The van der Waals surface area contributed by atoms with Crippen molar-refractivity contribution in [2.24, 2.45) is 0 Å². The number of allylic oxidation sites excluding steroid dienone is 4. The van der Waals surface area contributed by atoms with E-state index in [2.05, 4.69) is 45.1 Å². The molecular formula is C59H110O6. The van der Waals surface area contributed by atoms with Crippen LogP contribution >= 0.6 is 0 Å². The lowest BCUT2D eigenvalue weighted by molar-refractivity contribution is -0.167. The van der Waals surface area contributed by atoms with Gasteiger partial charge in [-0.15, -0.1) is 0 Å². The molecule has 1 atom stereocenters. The third-order valence-electron chi connectivity index (χ3n) is 12.9. The van der Waals surface area contributed by atoms with E-state index in [-0.39, 0.29) is 31.1 Å². The Bertz CT molecular complexity index is 1050. The summed E-state index contributed by atoms with van der Waals surface area (Å²) in [6, 6.07) is 0. The molecule has 0 saturated heterocycles. The molecular weight excluding hydrogens is 805 g/mol. The molecule has 0 aromatic heterocycles. The highest BCUT2D eigenvalue weighted by Crippen LogP contribution is 2.16. The Hall–Kier alpha value is -2.11. The SMILES string of the molecule is CCCCCCC/C=C\CCCCCCCC(=O)OC[C@H](COC(=O)CCCCCCCCC/C=C\CCCCCCCC)OC(=O)CCCCCCCCCCCCCCCCCC. The van der Waals surface area contributed by atoms with Gasteiger partial charge in [-0.05, 0) is 70.6 Å². The number of rotatable bonds is 53. The maximum Gasteiger partial charge on any atom is 0.306 e. The summed E-state index contributed by atoms with van der Waals surface area (Å²) in [5.74, 6) is -0.865. The lowest BCUT2D eigenvalue weighted by atomic mass is 10.0. The van der Waals surface area contributed by atoms with Gasteiger partial charge in [-0.1, -0.05) is 251 Å². The standard InChI is InChI=1S/C59H110O6/c1-4-7-10-13-16-19-22-25-28-30-32-34-37-40-43-46-49-52-58(61)64-55-56(54-63-57(60)51-48-45-42-39-36-33-27-24-21-18-15-12-9-6-3)65-59(62)53-50-47-44-41-38-35-31-29-26-23-20-17-14-11-8-5-2/h24-25,27-28,56H,4-23,26,29-55H2,1-3H3/b27-24-,28-25-/t56-/m1/s1. The summed E-state index contributed by atoms with van der Waals surface area (Å²) in [6.45, 7) is 6.66. The van der Waals surface area contributed by atoms with E-state index in [0.717, 1.165) is 64.2 Å². The molecule has 0 spiro atoms. The number of hydrogen-bond acceptors (Lipinski definition) is 6. The normalized spacial score (nSPS) is 12.1. The highest BCUT2D eigenvalue weighted by atomic mass is 16.6. The summed E-state index contributed by atoms with van der Waals surface area (Å²) < 4.78 is 16.9. The molecule has 0 amide bonds. The number of hydrogen-bond donors (Lipinski definition) is 0. The Balaban J connectivity index is 4.34. The molecule has 6 heteroatoms. The van der Waals surface area contributed by atoms with E-state index in [4.69, 9.17) is 14.2 Å². The molecule has 65 heavy (non-hydrogen) atoms. The molecule has 0 saturated carbocycles. The van der Waals surface area contributed by atoms with E-state index >= 15 is 0 Å². The first-order chi connectivity index (χ1) is 32.0. The van der Waals surface area contributed by atoms with Gasteiger partial charge in [0.05, 0.1) is 0 Å². The zero-order valence-electron chi connectivity index (χ0n) is 43.8. The first-order valence-electron chi connectivity index (χ1n) is 28.8. The minimum atomic E-state index is -0.772. The van der Waals surface area contributed by atoms with Crippen molar-refractivity contribution in [1.82, 2.24) is 0 Å². The van der Waals surface area contributed by atoms with E-state index in [0.29, 0.717) is 19.3 Å². The molecule has 0 aromatic rings. The number of carbonyl (C=O) groups is 3. The van der Waals surface area contributed by atoms with Crippen LogP contribution in [0.15, 0.2) is 24.3 Å². The highest BCUT2D eigenvalue weighted by molar-refractivity contribution is 5.71. The predicted molar refractivity (Wildman–Crippen MR) is 279 cm³/mol. The molecule has 382 valence electrons. The van der Waals surface area contributed by atoms with E-state index in [9.17, 15) is 14.4 Å². The van der Waals surface area contributed by atoms with Crippen LogP contribution in [0.4, 0.5) is 0 Å². The van der Waals surface area contributed by atoms with Crippen LogP contribution in [-0.4, -0.2) is 37.2 Å². The van der Waals surface area contributed by atoms with Gasteiger partial charge in [-0.2, -0.15) is 0 Å². The van der Waals surface area contributed by atoms with Crippen LogP contribution in [0.3, 0.4) is 0 Å². The topological polar surface area (TPSA) is 78.9 Å². The van der Waals surface area contributed by atoms with Crippen molar-refractivity contribution in [2.45, 2.75) is 322 Å². The maximum atomic E-state index is 12.8.